The van der Waals surface area contributed by atoms with Gasteiger partial charge < -0.3 is 9.47 Å². The van der Waals surface area contributed by atoms with Crippen LogP contribution in [-0.2, 0) is 19.4 Å². The van der Waals surface area contributed by atoms with Gasteiger partial charge in [0.25, 0.3) is 0 Å². The van der Waals surface area contributed by atoms with Gasteiger partial charge in [-0.1, -0.05) is 26.7 Å². The summed E-state index contributed by atoms with van der Waals surface area (Å²) < 4.78 is 3.47. The van der Waals surface area contributed by atoms with E-state index in [1.807, 2.05) is 0 Å². The summed E-state index contributed by atoms with van der Waals surface area (Å²) in [6, 6.07) is 5.00. The molecular weight excluding hydrogens is 362 g/mol. The van der Waals surface area contributed by atoms with Crippen LogP contribution < -0.4 is 0 Å². The Hall–Kier alpha value is -0.870. The van der Waals surface area contributed by atoms with Crippen LogP contribution in [0.25, 0.3) is 11.0 Å². The molecule has 2 heterocycles. The van der Waals surface area contributed by atoms with Gasteiger partial charge in [-0.2, -0.15) is 0 Å². The summed E-state index contributed by atoms with van der Waals surface area (Å²) in [5.74, 6) is 0.823. The zero-order valence-electron chi connectivity index (χ0n) is 15.5. The second kappa shape index (κ2) is 7.57. The molecule has 0 fully saturated rings. The Labute approximate surface area is 154 Å². The quantitative estimate of drug-likeness (QED) is 0.642. The third-order valence-corrected chi connectivity index (χ3v) is 6.34. The van der Waals surface area contributed by atoms with Crippen molar-refractivity contribution < 1.29 is 0 Å². The highest BCUT2D eigenvalue weighted by molar-refractivity contribution is 9.10. The molecule has 1 aliphatic carbocycles. The lowest BCUT2D eigenvalue weighted by Crippen LogP contribution is -2.33. The highest BCUT2D eigenvalue weighted by Crippen LogP contribution is 2.34. The third-order valence-electron chi connectivity index (χ3n) is 5.90. The summed E-state index contributed by atoms with van der Waals surface area (Å²) in [5.41, 5.74) is 4.26. The lowest BCUT2D eigenvalue weighted by atomic mass is 9.91. The molecule has 4 heteroatoms. The van der Waals surface area contributed by atoms with Crippen LogP contribution >= 0.6 is 15.9 Å². The van der Waals surface area contributed by atoms with Crippen LogP contribution in [0.1, 0.15) is 50.8 Å². The van der Waals surface area contributed by atoms with Crippen molar-refractivity contribution >= 4 is 27.0 Å². The smallest absolute Gasteiger partial charge is 0.141 e. The van der Waals surface area contributed by atoms with E-state index in [4.69, 9.17) is 4.98 Å². The van der Waals surface area contributed by atoms with Gasteiger partial charge in [-0.05, 0) is 79.3 Å². The molecule has 1 unspecified atom stereocenters. The Morgan fingerprint density at radius 3 is 2.71 bits per heavy atom. The topological polar surface area (TPSA) is 21.1 Å². The maximum absolute atomic E-state index is 4.85. The Bertz CT molecular complexity index is 700. The maximum atomic E-state index is 4.85. The lowest BCUT2D eigenvalue weighted by Gasteiger charge is -2.29. The van der Waals surface area contributed by atoms with Crippen molar-refractivity contribution in [3.8, 4) is 0 Å². The molecular formula is C20H30BrN3. The number of aromatic nitrogens is 2. The van der Waals surface area contributed by atoms with Crippen LogP contribution in [0.2, 0.25) is 0 Å². The number of nitrogens with zero attached hydrogens (tertiary/aromatic N) is 3. The first-order valence-corrected chi connectivity index (χ1v) is 10.2. The van der Waals surface area contributed by atoms with Crippen molar-refractivity contribution in [2.75, 3.05) is 14.1 Å². The molecule has 0 bridgehead atoms. The first kappa shape index (κ1) is 17.9. The Kier molecular flexibility index (Phi) is 5.66. The van der Waals surface area contributed by atoms with E-state index in [1.165, 1.54) is 43.1 Å². The maximum Gasteiger partial charge on any atom is 0.141 e. The van der Waals surface area contributed by atoms with Crippen molar-refractivity contribution in [3.63, 3.8) is 0 Å². The molecule has 0 N–H and O–H groups in total. The van der Waals surface area contributed by atoms with E-state index in [1.54, 1.807) is 11.3 Å². The van der Waals surface area contributed by atoms with Crippen LogP contribution in [0, 0.1) is 5.92 Å². The van der Waals surface area contributed by atoms with Gasteiger partial charge in [-0.25, -0.2) is 4.98 Å². The van der Waals surface area contributed by atoms with Crippen molar-refractivity contribution in [3.05, 3.63) is 28.0 Å². The fraction of sp³-hybridized carbons (Fsp3) is 0.650. The minimum absolute atomic E-state index is 0.652. The summed E-state index contributed by atoms with van der Waals surface area (Å²) in [4.78, 5) is 7.22. The van der Waals surface area contributed by atoms with E-state index in [9.17, 15) is 0 Å². The zero-order valence-corrected chi connectivity index (χ0v) is 17.1. The monoisotopic (exact) mass is 391 g/mol. The van der Waals surface area contributed by atoms with Crippen LogP contribution in [-0.4, -0.2) is 34.6 Å². The zero-order chi connectivity index (χ0) is 17.3. The second-order valence-corrected chi connectivity index (χ2v) is 8.23. The van der Waals surface area contributed by atoms with Gasteiger partial charge in [0.2, 0.25) is 0 Å². The summed E-state index contributed by atoms with van der Waals surface area (Å²) in [6.07, 6.45) is 7.39. The summed E-state index contributed by atoms with van der Waals surface area (Å²) >= 11 is 3.57. The molecule has 0 aromatic carbocycles. The predicted octanol–water partition coefficient (Wildman–Crippen LogP) is 5.04. The average Bonchev–Trinajstić information content (AvgIpc) is 2.88. The molecule has 2 aromatic heterocycles. The first-order valence-electron chi connectivity index (χ1n) is 9.38. The molecule has 0 spiro atoms. The Morgan fingerprint density at radius 2 is 2.04 bits per heavy atom. The van der Waals surface area contributed by atoms with E-state index in [-0.39, 0.29) is 0 Å². The van der Waals surface area contributed by atoms with Gasteiger partial charge in [0.15, 0.2) is 0 Å². The fourth-order valence-corrected chi connectivity index (χ4v) is 4.46. The number of aryl methyl sites for hydroxylation is 1. The van der Waals surface area contributed by atoms with Crippen molar-refractivity contribution in [1.29, 1.82) is 0 Å². The van der Waals surface area contributed by atoms with E-state index in [0.29, 0.717) is 6.04 Å². The highest BCUT2D eigenvalue weighted by atomic mass is 79.9. The summed E-state index contributed by atoms with van der Waals surface area (Å²) in [7, 11) is 4.41. The molecule has 0 radical (unpaired) electrons. The molecule has 0 saturated heterocycles. The van der Waals surface area contributed by atoms with Crippen LogP contribution in [0.15, 0.2) is 16.7 Å². The lowest BCUT2D eigenvalue weighted by molar-refractivity contribution is 0.266. The summed E-state index contributed by atoms with van der Waals surface area (Å²) in [5, 5.41) is 1.37. The van der Waals surface area contributed by atoms with Crippen molar-refractivity contribution in [1.82, 2.24) is 14.5 Å². The van der Waals surface area contributed by atoms with Gasteiger partial charge in [0.1, 0.15) is 10.3 Å². The van der Waals surface area contributed by atoms with Crippen LogP contribution in [0.3, 0.4) is 0 Å². The molecule has 1 atom stereocenters. The minimum Gasteiger partial charge on any atom is -0.329 e. The van der Waals surface area contributed by atoms with Crippen LogP contribution in [0.5, 0.6) is 0 Å². The molecule has 3 nitrogen and oxygen atoms in total. The predicted molar refractivity (Wildman–Crippen MR) is 106 cm³/mol. The van der Waals surface area contributed by atoms with E-state index in [2.05, 4.69) is 65.5 Å². The molecule has 3 rings (SSSR count). The highest BCUT2D eigenvalue weighted by Gasteiger charge is 2.27. The molecule has 1 aliphatic rings. The minimum atomic E-state index is 0.652. The van der Waals surface area contributed by atoms with Gasteiger partial charge in [0, 0.05) is 23.7 Å². The molecule has 0 aliphatic heterocycles. The number of likely N-dealkylation sites (N-methyl/N-ethyl adjacent to an activating group) is 1. The number of halogens is 1. The molecule has 132 valence electrons. The number of pyridine rings is 1. The Balaban J connectivity index is 2.00. The van der Waals surface area contributed by atoms with Crippen molar-refractivity contribution in [2.45, 2.75) is 65.0 Å². The number of fused-ring (bicyclic) bond motifs is 3. The average molecular weight is 392 g/mol. The fourth-order valence-electron chi connectivity index (χ4n) is 4.16. The number of rotatable bonds is 6. The van der Waals surface area contributed by atoms with Gasteiger partial charge in [-0.15, -0.1) is 0 Å². The normalized spacial score (nSPS) is 17.9. The van der Waals surface area contributed by atoms with Gasteiger partial charge >= 0.3 is 0 Å². The number of hydrogen-bond donors (Lipinski definition) is 0. The summed E-state index contributed by atoms with van der Waals surface area (Å²) in [6.45, 7) is 5.73. The molecule has 2 aromatic rings. The largest absolute Gasteiger partial charge is 0.329 e. The SMILES string of the molecule is CCC(CC)CCn1c2c(c3ccc(Br)nc31)CC(N(C)C)CC2. The second-order valence-electron chi connectivity index (χ2n) is 7.41. The van der Waals surface area contributed by atoms with Gasteiger partial charge in [0.05, 0.1) is 0 Å². The third kappa shape index (κ3) is 3.41. The standard InChI is InChI=1S/C20H30BrN3/c1-5-14(6-2)11-12-24-18-9-7-15(23(3)4)13-17(18)16-8-10-19(21)22-20(16)24/h8,10,14-15H,5-7,9,11-13H2,1-4H3. The van der Waals surface area contributed by atoms with Crippen LogP contribution in [0.4, 0.5) is 0 Å². The number of hydrogen-bond acceptors (Lipinski definition) is 2. The molecule has 0 amide bonds. The van der Waals surface area contributed by atoms with E-state index < -0.39 is 0 Å². The van der Waals surface area contributed by atoms with Crippen molar-refractivity contribution in [2.24, 2.45) is 5.92 Å². The van der Waals surface area contributed by atoms with Gasteiger partial charge in [-0.3, -0.25) is 0 Å². The molecule has 0 saturated carbocycles. The van der Waals surface area contributed by atoms with E-state index in [0.717, 1.165) is 23.5 Å². The first-order chi connectivity index (χ1) is 11.5. The Morgan fingerprint density at radius 1 is 1.29 bits per heavy atom. The molecule has 24 heavy (non-hydrogen) atoms. The van der Waals surface area contributed by atoms with E-state index >= 15 is 0 Å².